The first-order chi connectivity index (χ1) is 11.7. The lowest BCUT2D eigenvalue weighted by molar-refractivity contribution is 0.172. The molecule has 3 rings (SSSR count). The van der Waals surface area contributed by atoms with Gasteiger partial charge in [0.05, 0.1) is 5.69 Å². The quantitative estimate of drug-likeness (QED) is 0.856. The maximum absolute atomic E-state index is 4.72. The number of rotatable bonds is 6. The number of nitrogens with zero attached hydrogens (tertiary/aromatic N) is 4. The van der Waals surface area contributed by atoms with Crippen LogP contribution in [0.2, 0.25) is 0 Å². The van der Waals surface area contributed by atoms with Crippen molar-refractivity contribution in [3.05, 3.63) is 41.3 Å². The fourth-order valence-corrected chi connectivity index (χ4v) is 3.61. The normalized spacial score (nSPS) is 16.0. The van der Waals surface area contributed by atoms with Gasteiger partial charge in [0.2, 0.25) is 0 Å². The van der Waals surface area contributed by atoms with Crippen LogP contribution in [0.4, 0.5) is 0 Å². The number of aromatic nitrogens is 3. The molecule has 2 aromatic heterocycles. The fraction of sp³-hybridized carbons (Fsp3) is 0.579. The lowest BCUT2D eigenvalue weighted by Gasteiger charge is -2.32. The van der Waals surface area contributed by atoms with Crippen molar-refractivity contribution in [3.63, 3.8) is 0 Å². The maximum Gasteiger partial charge on any atom is 0.153 e. The van der Waals surface area contributed by atoms with Crippen LogP contribution in [0.5, 0.6) is 0 Å². The summed E-state index contributed by atoms with van der Waals surface area (Å²) in [5, 5.41) is 7.99. The van der Waals surface area contributed by atoms with Crippen molar-refractivity contribution in [2.24, 2.45) is 5.92 Å². The molecular weight excluding hydrogens is 334 g/mol. The van der Waals surface area contributed by atoms with Gasteiger partial charge in [0.1, 0.15) is 0 Å². The zero-order valence-electron chi connectivity index (χ0n) is 15.5. The maximum atomic E-state index is 4.72. The molecule has 1 fully saturated rings. The zero-order valence-corrected chi connectivity index (χ0v) is 16.4. The third-order valence-corrected chi connectivity index (χ3v) is 5.20. The van der Waals surface area contributed by atoms with Crippen LogP contribution in [-0.4, -0.2) is 46.3 Å². The molecule has 1 N–H and O–H groups in total. The molecule has 0 unspecified atom stereocenters. The van der Waals surface area contributed by atoms with Gasteiger partial charge in [-0.2, -0.15) is 5.10 Å². The molecule has 138 valence electrons. The second kappa shape index (κ2) is 9.32. The number of hydrogen-bond acceptors (Lipinski definition) is 4. The van der Waals surface area contributed by atoms with Gasteiger partial charge in [0.25, 0.3) is 0 Å². The van der Waals surface area contributed by atoms with Crippen molar-refractivity contribution < 1.29 is 0 Å². The molecule has 1 saturated heterocycles. The second-order valence-corrected chi connectivity index (χ2v) is 6.86. The van der Waals surface area contributed by atoms with Crippen LogP contribution in [0.1, 0.15) is 36.2 Å². The fourth-order valence-electron chi connectivity index (χ4n) is 3.61. The lowest BCUT2D eigenvalue weighted by atomic mass is 9.93. The smallest absolute Gasteiger partial charge is 0.153 e. The summed E-state index contributed by atoms with van der Waals surface area (Å²) in [6.07, 6.45) is 5.75. The van der Waals surface area contributed by atoms with E-state index < -0.39 is 0 Å². The number of pyridine rings is 1. The third kappa shape index (κ3) is 4.81. The minimum Gasteiger partial charge on any atom is -0.320 e. The van der Waals surface area contributed by atoms with Crippen molar-refractivity contribution in [2.75, 3.05) is 26.7 Å². The number of piperidine rings is 1. The van der Waals surface area contributed by atoms with E-state index in [0.717, 1.165) is 30.5 Å². The van der Waals surface area contributed by atoms with Gasteiger partial charge in [-0.15, -0.1) is 12.4 Å². The molecule has 1 aliphatic rings. The van der Waals surface area contributed by atoms with Crippen LogP contribution in [-0.2, 0) is 6.54 Å². The summed E-state index contributed by atoms with van der Waals surface area (Å²) < 4.78 is 1.98. The molecule has 0 bridgehead atoms. The standard InChI is InChI=1S/C19H29N5.ClH/c1-15-18(14-23-12-8-17(9-13-23)7-11-20-3)16(2)24(22-15)19-6-4-5-10-21-19;/h4-6,10,17,20H,7-9,11-14H2,1-3H3;1H. The molecular formula is C19H30ClN5. The highest BCUT2D eigenvalue weighted by Gasteiger charge is 2.21. The minimum absolute atomic E-state index is 0. The highest BCUT2D eigenvalue weighted by molar-refractivity contribution is 5.85. The van der Waals surface area contributed by atoms with E-state index in [1.54, 1.807) is 0 Å². The predicted octanol–water partition coefficient (Wildman–Crippen LogP) is 3.13. The highest BCUT2D eigenvalue weighted by atomic mass is 35.5. The Morgan fingerprint density at radius 2 is 1.96 bits per heavy atom. The Bertz CT molecular complexity index is 647. The lowest BCUT2D eigenvalue weighted by Crippen LogP contribution is -2.34. The van der Waals surface area contributed by atoms with E-state index in [-0.39, 0.29) is 12.4 Å². The van der Waals surface area contributed by atoms with Gasteiger partial charge < -0.3 is 5.32 Å². The Hall–Kier alpha value is -1.43. The van der Waals surface area contributed by atoms with Crippen LogP contribution in [0.25, 0.3) is 5.82 Å². The second-order valence-electron chi connectivity index (χ2n) is 6.86. The molecule has 6 heteroatoms. The number of aryl methyl sites for hydroxylation is 1. The van der Waals surface area contributed by atoms with E-state index in [2.05, 4.69) is 29.0 Å². The summed E-state index contributed by atoms with van der Waals surface area (Å²) in [4.78, 5) is 7.01. The van der Waals surface area contributed by atoms with Gasteiger partial charge in [-0.25, -0.2) is 9.67 Å². The Morgan fingerprint density at radius 1 is 1.20 bits per heavy atom. The van der Waals surface area contributed by atoms with Crippen molar-refractivity contribution >= 4 is 12.4 Å². The Morgan fingerprint density at radius 3 is 2.60 bits per heavy atom. The van der Waals surface area contributed by atoms with E-state index in [1.807, 2.05) is 36.1 Å². The Balaban J connectivity index is 0.00000225. The topological polar surface area (TPSA) is 46.0 Å². The third-order valence-electron chi connectivity index (χ3n) is 5.20. The molecule has 5 nitrogen and oxygen atoms in total. The van der Waals surface area contributed by atoms with E-state index in [1.165, 1.54) is 43.6 Å². The van der Waals surface area contributed by atoms with Gasteiger partial charge in [0.15, 0.2) is 5.82 Å². The molecule has 0 spiro atoms. The van der Waals surface area contributed by atoms with E-state index in [4.69, 9.17) is 5.10 Å². The molecule has 0 amide bonds. The van der Waals surface area contributed by atoms with Crippen LogP contribution in [0, 0.1) is 19.8 Å². The molecule has 0 saturated carbocycles. The van der Waals surface area contributed by atoms with Crippen LogP contribution >= 0.6 is 12.4 Å². The van der Waals surface area contributed by atoms with Crippen LogP contribution in [0.3, 0.4) is 0 Å². The van der Waals surface area contributed by atoms with Gasteiger partial charge in [-0.3, -0.25) is 4.90 Å². The molecule has 0 aromatic carbocycles. The Kier molecular flexibility index (Phi) is 7.41. The average Bonchev–Trinajstić information content (AvgIpc) is 2.90. The SMILES string of the molecule is CNCCC1CCN(Cc2c(C)nn(-c3ccccn3)c2C)CC1.Cl. The zero-order chi connectivity index (χ0) is 16.9. The number of halogens is 1. The summed E-state index contributed by atoms with van der Waals surface area (Å²) >= 11 is 0. The first-order valence-corrected chi connectivity index (χ1v) is 9.02. The van der Waals surface area contributed by atoms with Crippen molar-refractivity contribution in [1.82, 2.24) is 25.0 Å². The summed E-state index contributed by atoms with van der Waals surface area (Å²) in [6, 6.07) is 5.96. The summed E-state index contributed by atoms with van der Waals surface area (Å²) in [7, 11) is 2.04. The molecule has 0 atom stereocenters. The minimum atomic E-state index is 0. The van der Waals surface area contributed by atoms with Gasteiger partial charge in [0, 0.05) is 24.0 Å². The van der Waals surface area contributed by atoms with E-state index in [9.17, 15) is 0 Å². The van der Waals surface area contributed by atoms with Crippen LogP contribution < -0.4 is 5.32 Å². The average molecular weight is 364 g/mol. The molecule has 0 aliphatic carbocycles. The van der Waals surface area contributed by atoms with Gasteiger partial charge >= 0.3 is 0 Å². The molecule has 2 aromatic rings. The first-order valence-electron chi connectivity index (χ1n) is 9.02. The molecule has 1 aliphatic heterocycles. The summed E-state index contributed by atoms with van der Waals surface area (Å²) in [5.41, 5.74) is 3.69. The highest BCUT2D eigenvalue weighted by Crippen LogP contribution is 2.24. The number of likely N-dealkylation sites (tertiary alicyclic amines) is 1. The largest absolute Gasteiger partial charge is 0.320 e. The van der Waals surface area contributed by atoms with Crippen molar-refractivity contribution in [1.29, 1.82) is 0 Å². The molecule has 0 radical (unpaired) electrons. The monoisotopic (exact) mass is 363 g/mol. The number of nitrogens with one attached hydrogen (secondary N) is 1. The Labute approximate surface area is 157 Å². The predicted molar refractivity (Wildman–Crippen MR) is 105 cm³/mol. The van der Waals surface area contributed by atoms with Crippen molar-refractivity contribution in [2.45, 2.75) is 39.7 Å². The van der Waals surface area contributed by atoms with Gasteiger partial charge in [-0.05, 0) is 77.8 Å². The van der Waals surface area contributed by atoms with E-state index in [0.29, 0.717) is 0 Å². The molecule has 25 heavy (non-hydrogen) atoms. The van der Waals surface area contributed by atoms with E-state index >= 15 is 0 Å². The van der Waals surface area contributed by atoms with Gasteiger partial charge in [-0.1, -0.05) is 6.07 Å². The molecule has 3 heterocycles. The summed E-state index contributed by atoms with van der Waals surface area (Å²) in [5.74, 6) is 1.78. The summed E-state index contributed by atoms with van der Waals surface area (Å²) in [6.45, 7) is 8.80. The van der Waals surface area contributed by atoms with Crippen molar-refractivity contribution in [3.8, 4) is 5.82 Å². The van der Waals surface area contributed by atoms with Crippen LogP contribution in [0.15, 0.2) is 24.4 Å². The first kappa shape index (κ1) is 19.9. The number of hydrogen-bond donors (Lipinski definition) is 1.